The lowest BCUT2D eigenvalue weighted by atomic mass is 9.96. The highest BCUT2D eigenvalue weighted by atomic mass is 19.1. The van der Waals surface area contributed by atoms with E-state index in [4.69, 9.17) is 9.72 Å². The van der Waals surface area contributed by atoms with Crippen molar-refractivity contribution in [2.45, 2.75) is 25.9 Å². The van der Waals surface area contributed by atoms with Gasteiger partial charge in [0.15, 0.2) is 0 Å². The highest BCUT2D eigenvalue weighted by Gasteiger charge is 2.27. The largest absolute Gasteiger partial charge is 0.383 e. The van der Waals surface area contributed by atoms with Gasteiger partial charge in [0, 0.05) is 39.2 Å². The molecule has 1 amide bonds. The van der Waals surface area contributed by atoms with Crippen molar-refractivity contribution in [2.75, 3.05) is 31.7 Å². The van der Waals surface area contributed by atoms with Crippen molar-refractivity contribution < 1.29 is 13.9 Å². The molecule has 0 aliphatic carbocycles. The van der Waals surface area contributed by atoms with Crippen LogP contribution in [0.15, 0.2) is 48.5 Å². The molecule has 0 atom stereocenters. The summed E-state index contributed by atoms with van der Waals surface area (Å²) in [5.41, 5.74) is 2.97. The number of para-hydroxylation sites is 2. The maximum Gasteiger partial charge on any atom is 0.223 e. The summed E-state index contributed by atoms with van der Waals surface area (Å²) in [5.74, 6) is 0.720. The molecule has 1 aromatic heterocycles. The Morgan fingerprint density at radius 2 is 1.90 bits per heavy atom. The number of imidazole rings is 1. The van der Waals surface area contributed by atoms with Gasteiger partial charge in [0.2, 0.25) is 11.9 Å². The van der Waals surface area contributed by atoms with E-state index in [9.17, 15) is 9.18 Å². The van der Waals surface area contributed by atoms with E-state index in [1.165, 1.54) is 12.1 Å². The molecule has 0 bridgehead atoms. The predicted molar refractivity (Wildman–Crippen MR) is 115 cm³/mol. The lowest BCUT2D eigenvalue weighted by Gasteiger charge is -2.32. The highest BCUT2D eigenvalue weighted by Crippen LogP contribution is 2.27. The van der Waals surface area contributed by atoms with Crippen LogP contribution in [-0.4, -0.2) is 42.3 Å². The molecule has 1 N–H and O–H groups in total. The third kappa shape index (κ3) is 4.46. The number of anilines is 1. The Balaban J connectivity index is 1.38. The second-order valence-electron chi connectivity index (χ2n) is 7.65. The molecule has 4 rings (SSSR count). The van der Waals surface area contributed by atoms with Crippen molar-refractivity contribution >= 4 is 22.9 Å². The van der Waals surface area contributed by atoms with Gasteiger partial charge in [0.25, 0.3) is 0 Å². The number of halogens is 1. The number of ether oxygens (including phenoxy) is 1. The van der Waals surface area contributed by atoms with Crippen LogP contribution in [0.4, 0.5) is 10.3 Å². The zero-order chi connectivity index (χ0) is 20.9. The molecule has 0 spiro atoms. The van der Waals surface area contributed by atoms with Crippen molar-refractivity contribution in [1.82, 2.24) is 14.9 Å². The van der Waals surface area contributed by atoms with E-state index in [0.29, 0.717) is 13.2 Å². The molecule has 3 aromatic rings. The summed E-state index contributed by atoms with van der Waals surface area (Å²) >= 11 is 0. The fourth-order valence-electron chi connectivity index (χ4n) is 3.98. The Labute approximate surface area is 175 Å². The molecule has 0 saturated carbocycles. The second-order valence-corrected chi connectivity index (χ2v) is 7.65. The van der Waals surface area contributed by atoms with Gasteiger partial charge >= 0.3 is 0 Å². The summed E-state index contributed by atoms with van der Waals surface area (Å²) in [7, 11) is 1.70. The molecule has 0 unspecified atom stereocenters. The first-order valence-electron chi connectivity index (χ1n) is 10.4. The summed E-state index contributed by atoms with van der Waals surface area (Å²) < 4.78 is 20.5. The van der Waals surface area contributed by atoms with Gasteiger partial charge in [-0.2, -0.15) is 0 Å². The average molecular weight is 410 g/mol. The number of aromatic nitrogens is 2. The molecule has 1 aliphatic heterocycles. The topological polar surface area (TPSA) is 59.4 Å². The van der Waals surface area contributed by atoms with E-state index in [1.54, 1.807) is 19.2 Å². The first kappa shape index (κ1) is 20.3. The number of fused-ring (bicyclic) bond motifs is 1. The molecule has 1 fully saturated rings. The number of rotatable bonds is 7. The van der Waals surface area contributed by atoms with Crippen LogP contribution in [0.2, 0.25) is 0 Å². The number of nitrogens with one attached hydrogen (secondary N) is 1. The molecular formula is C23H27FN4O2. The van der Waals surface area contributed by atoms with Gasteiger partial charge < -0.3 is 19.5 Å². The standard InChI is InChI=1S/C23H27FN4O2/c1-30-15-14-28-21-5-3-2-4-20(21)26-23(28)27-12-10-18(11-13-27)22(29)25-16-17-6-8-19(24)9-7-17/h2-9,18H,10-16H2,1H3,(H,25,29). The first-order chi connectivity index (χ1) is 14.7. The van der Waals surface area contributed by atoms with Gasteiger partial charge in [-0.05, 0) is 42.7 Å². The molecule has 7 heteroatoms. The normalized spacial score (nSPS) is 14.9. The Morgan fingerprint density at radius 3 is 2.63 bits per heavy atom. The van der Waals surface area contributed by atoms with Crippen LogP contribution in [0.1, 0.15) is 18.4 Å². The molecule has 30 heavy (non-hydrogen) atoms. The molecule has 1 saturated heterocycles. The van der Waals surface area contributed by atoms with Gasteiger partial charge in [-0.3, -0.25) is 4.79 Å². The van der Waals surface area contributed by atoms with E-state index in [-0.39, 0.29) is 17.6 Å². The zero-order valence-electron chi connectivity index (χ0n) is 17.2. The number of carbonyl (C=O) groups excluding carboxylic acids is 1. The first-order valence-corrected chi connectivity index (χ1v) is 10.4. The fraction of sp³-hybridized carbons (Fsp3) is 0.391. The van der Waals surface area contributed by atoms with E-state index < -0.39 is 0 Å². The third-order valence-electron chi connectivity index (χ3n) is 5.68. The van der Waals surface area contributed by atoms with Crippen molar-refractivity contribution in [3.63, 3.8) is 0 Å². The van der Waals surface area contributed by atoms with Crippen LogP contribution in [0.25, 0.3) is 11.0 Å². The third-order valence-corrected chi connectivity index (χ3v) is 5.68. The lowest BCUT2D eigenvalue weighted by Crippen LogP contribution is -2.41. The molecule has 2 aromatic carbocycles. The molecule has 158 valence electrons. The number of amides is 1. The Kier molecular flexibility index (Phi) is 6.28. The maximum atomic E-state index is 13.0. The Bertz CT molecular complexity index is 994. The Hall–Kier alpha value is -2.93. The SMILES string of the molecule is COCCn1c(N2CCC(C(=O)NCc3ccc(F)cc3)CC2)nc2ccccc21. The smallest absolute Gasteiger partial charge is 0.223 e. The lowest BCUT2D eigenvalue weighted by molar-refractivity contribution is -0.125. The number of methoxy groups -OCH3 is 1. The van der Waals surface area contributed by atoms with E-state index in [2.05, 4.69) is 20.9 Å². The van der Waals surface area contributed by atoms with Crippen LogP contribution in [0, 0.1) is 11.7 Å². The molecule has 2 heterocycles. The number of benzene rings is 2. The molecule has 6 nitrogen and oxygen atoms in total. The molecule has 0 radical (unpaired) electrons. The van der Waals surface area contributed by atoms with E-state index in [0.717, 1.165) is 55.0 Å². The maximum absolute atomic E-state index is 13.0. The number of piperidine rings is 1. The van der Waals surface area contributed by atoms with E-state index >= 15 is 0 Å². The molecule has 1 aliphatic rings. The Morgan fingerprint density at radius 1 is 1.17 bits per heavy atom. The van der Waals surface area contributed by atoms with Gasteiger partial charge in [0.1, 0.15) is 5.82 Å². The minimum atomic E-state index is -0.269. The average Bonchev–Trinajstić information content (AvgIpc) is 3.15. The van der Waals surface area contributed by atoms with Crippen molar-refractivity contribution in [1.29, 1.82) is 0 Å². The van der Waals surface area contributed by atoms with Crippen LogP contribution < -0.4 is 10.2 Å². The number of hydrogen-bond donors (Lipinski definition) is 1. The number of carbonyl (C=O) groups is 1. The van der Waals surface area contributed by atoms with Crippen LogP contribution in [0.5, 0.6) is 0 Å². The van der Waals surface area contributed by atoms with Gasteiger partial charge in [0.05, 0.1) is 17.6 Å². The summed E-state index contributed by atoms with van der Waals surface area (Å²) in [5, 5.41) is 2.99. The second kappa shape index (κ2) is 9.26. The van der Waals surface area contributed by atoms with E-state index in [1.807, 2.05) is 18.2 Å². The van der Waals surface area contributed by atoms with Crippen LogP contribution in [-0.2, 0) is 22.6 Å². The minimum Gasteiger partial charge on any atom is -0.383 e. The monoisotopic (exact) mass is 410 g/mol. The van der Waals surface area contributed by atoms with Crippen LogP contribution in [0.3, 0.4) is 0 Å². The van der Waals surface area contributed by atoms with Gasteiger partial charge in [-0.25, -0.2) is 9.37 Å². The van der Waals surface area contributed by atoms with Crippen LogP contribution >= 0.6 is 0 Å². The summed E-state index contributed by atoms with van der Waals surface area (Å²) in [6.07, 6.45) is 1.56. The fourth-order valence-corrected chi connectivity index (χ4v) is 3.98. The summed E-state index contributed by atoms with van der Waals surface area (Å²) in [6, 6.07) is 14.3. The highest BCUT2D eigenvalue weighted by molar-refractivity contribution is 5.80. The number of hydrogen-bond acceptors (Lipinski definition) is 4. The predicted octanol–water partition coefficient (Wildman–Crippen LogP) is 3.35. The van der Waals surface area contributed by atoms with Crippen molar-refractivity contribution in [3.05, 3.63) is 59.9 Å². The summed E-state index contributed by atoms with van der Waals surface area (Å²) in [4.78, 5) is 19.7. The number of nitrogens with zero attached hydrogens (tertiary/aromatic N) is 3. The van der Waals surface area contributed by atoms with Crippen molar-refractivity contribution in [2.24, 2.45) is 5.92 Å². The van der Waals surface area contributed by atoms with Crippen molar-refractivity contribution in [3.8, 4) is 0 Å². The quantitative estimate of drug-likeness (QED) is 0.649. The summed E-state index contributed by atoms with van der Waals surface area (Å²) in [6.45, 7) is 3.35. The molecular weight excluding hydrogens is 383 g/mol. The van der Waals surface area contributed by atoms with Gasteiger partial charge in [-0.1, -0.05) is 24.3 Å². The van der Waals surface area contributed by atoms with Gasteiger partial charge in [-0.15, -0.1) is 0 Å². The zero-order valence-corrected chi connectivity index (χ0v) is 17.2. The minimum absolute atomic E-state index is 0.0153.